The van der Waals surface area contributed by atoms with Crippen molar-refractivity contribution in [2.45, 2.75) is 40.2 Å². The van der Waals surface area contributed by atoms with Crippen molar-refractivity contribution < 1.29 is 4.74 Å². The van der Waals surface area contributed by atoms with Gasteiger partial charge in [0.1, 0.15) is 5.75 Å². The second-order valence-corrected chi connectivity index (χ2v) is 5.07. The second kappa shape index (κ2) is 6.38. The van der Waals surface area contributed by atoms with Gasteiger partial charge in [-0.3, -0.25) is 0 Å². The van der Waals surface area contributed by atoms with E-state index in [0.717, 1.165) is 30.1 Å². The van der Waals surface area contributed by atoms with Crippen LogP contribution in [-0.4, -0.2) is 12.6 Å². The van der Waals surface area contributed by atoms with E-state index in [1.807, 2.05) is 32.0 Å². The summed E-state index contributed by atoms with van der Waals surface area (Å²) in [5.74, 6) is 1.53. The van der Waals surface area contributed by atoms with Gasteiger partial charge in [-0.15, -0.1) is 0 Å². The lowest BCUT2D eigenvalue weighted by molar-refractivity contribution is 0.242. The molecule has 0 bridgehead atoms. The van der Waals surface area contributed by atoms with Crippen LogP contribution in [0.5, 0.6) is 5.75 Å². The van der Waals surface area contributed by atoms with E-state index in [1.165, 1.54) is 0 Å². The Labute approximate surface area is 104 Å². The first-order valence-electron chi connectivity index (χ1n) is 6.28. The Bertz CT molecular complexity index is 348. The van der Waals surface area contributed by atoms with Crippen molar-refractivity contribution in [3.8, 4) is 5.75 Å². The summed E-state index contributed by atoms with van der Waals surface area (Å²) in [4.78, 5) is 0. The van der Waals surface area contributed by atoms with Gasteiger partial charge in [-0.2, -0.15) is 0 Å². The summed E-state index contributed by atoms with van der Waals surface area (Å²) < 4.78 is 5.64. The monoisotopic (exact) mass is 236 g/mol. The Kier molecular flexibility index (Phi) is 5.13. The molecule has 0 radical (unpaired) electrons. The molecule has 0 aliphatic rings. The van der Waals surface area contributed by atoms with E-state index in [-0.39, 0.29) is 6.10 Å². The van der Waals surface area contributed by atoms with E-state index >= 15 is 0 Å². The lowest BCUT2D eigenvalue weighted by Gasteiger charge is -2.13. The maximum atomic E-state index is 5.85. The molecule has 0 aliphatic heterocycles. The first-order chi connectivity index (χ1) is 7.97. The molecule has 17 heavy (non-hydrogen) atoms. The summed E-state index contributed by atoms with van der Waals surface area (Å²) >= 11 is 0. The molecule has 0 atom stereocenters. The standard InChI is InChI=1S/C14H24N2O/c1-10(2)5-6-16-13-7-12(15)8-14(9-13)17-11(3)4/h7-11,16H,5-6,15H2,1-4H3. The highest BCUT2D eigenvalue weighted by Gasteiger charge is 2.02. The number of rotatable bonds is 6. The van der Waals surface area contributed by atoms with Crippen LogP contribution in [0.4, 0.5) is 11.4 Å². The molecule has 0 saturated carbocycles. The Balaban J connectivity index is 2.62. The van der Waals surface area contributed by atoms with Gasteiger partial charge in [0.05, 0.1) is 6.10 Å². The van der Waals surface area contributed by atoms with E-state index in [1.54, 1.807) is 0 Å². The summed E-state index contributed by atoms with van der Waals surface area (Å²) in [7, 11) is 0. The number of anilines is 2. The zero-order valence-electron chi connectivity index (χ0n) is 11.3. The van der Waals surface area contributed by atoms with Crippen LogP contribution >= 0.6 is 0 Å². The maximum absolute atomic E-state index is 5.85. The molecule has 3 N–H and O–H groups in total. The smallest absolute Gasteiger partial charge is 0.123 e. The molecule has 0 fully saturated rings. The van der Waals surface area contributed by atoms with E-state index in [9.17, 15) is 0 Å². The van der Waals surface area contributed by atoms with Crippen LogP contribution in [-0.2, 0) is 0 Å². The van der Waals surface area contributed by atoms with Crippen LogP contribution in [0.1, 0.15) is 34.1 Å². The van der Waals surface area contributed by atoms with Crippen LogP contribution in [0.3, 0.4) is 0 Å². The normalized spacial score (nSPS) is 10.9. The van der Waals surface area contributed by atoms with Crippen LogP contribution in [0.2, 0.25) is 0 Å². The summed E-state index contributed by atoms with van der Waals surface area (Å²) in [6.07, 6.45) is 1.31. The number of hydrogen-bond acceptors (Lipinski definition) is 3. The predicted molar refractivity (Wildman–Crippen MR) is 74.6 cm³/mol. The van der Waals surface area contributed by atoms with Crippen molar-refractivity contribution in [3.05, 3.63) is 18.2 Å². The number of hydrogen-bond donors (Lipinski definition) is 2. The van der Waals surface area contributed by atoms with Crippen molar-refractivity contribution in [1.29, 1.82) is 0 Å². The van der Waals surface area contributed by atoms with Crippen LogP contribution in [0.25, 0.3) is 0 Å². The van der Waals surface area contributed by atoms with Crippen molar-refractivity contribution in [3.63, 3.8) is 0 Å². The fourth-order valence-corrected chi connectivity index (χ4v) is 1.57. The van der Waals surface area contributed by atoms with Gasteiger partial charge in [-0.05, 0) is 32.3 Å². The molecule has 0 unspecified atom stereocenters. The molecule has 0 amide bonds. The zero-order valence-corrected chi connectivity index (χ0v) is 11.3. The third-order valence-corrected chi connectivity index (χ3v) is 2.35. The van der Waals surface area contributed by atoms with Gasteiger partial charge < -0.3 is 15.8 Å². The summed E-state index contributed by atoms with van der Waals surface area (Å²) in [6, 6.07) is 5.79. The number of ether oxygens (including phenoxy) is 1. The Hall–Kier alpha value is -1.38. The molecule has 0 aliphatic carbocycles. The van der Waals surface area contributed by atoms with Crippen molar-refractivity contribution in [2.75, 3.05) is 17.6 Å². The molecular weight excluding hydrogens is 212 g/mol. The molecule has 96 valence electrons. The molecule has 1 rings (SSSR count). The second-order valence-electron chi connectivity index (χ2n) is 5.07. The molecule has 0 aromatic heterocycles. The average Bonchev–Trinajstić information content (AvgIpc) is 2.14. The Morgan fingerprint density at radius 2 is 1.88 bits per heavy atom. The molecule has 0 saturated heterocycles. The fraction of sp³-hybridized carbons (Fsp3) is 0.571. The fourth-order valence-electron chi connectivity index (χ4n) is 1.57. The Morgan fingerprint density at radius 1 is 1.18 bits per heavy atom. The number of benzene rings is 1. The molecule has 0 spiro atoms. The van der Waals surface area contributed by atoms with Crippen molar-refractivity contribution in [1.82, 2.24) is 0 Å². The first-order valence-corrected chi connectivity index (χ1v) is 6.28. The third-order valence-electron chi connectivity index (χ3n) is 2.35. The quantitative estimate of drug-likeness (QED) is 0.743. The van der Waals surface area contributed by atoms with Gasteiger partial charge in [0.25, 0.3) is 0 Å². The minimum atomic E-state index is 0.167. The number of nitrogens with two attached hydrogens (primary N) is 1. The molecule has 3 heteroatoms. The van der Waals surface area contributed by atoms with Crippen LogP contribution < -0.4 is 15.8 Å². The van der Waals surface area contributed by atoms with E-state index in [4.69, 9.17) is 10.5 Å². The SMILES string of the molecule is CC(C)CCNc1cc(N)cc(OC(C)C)c1. The van der Waals surface area contributed by atoms with Gasteiger partial charge in [0.2, 0.25) is 0 Å². The van der Waals surface area contributed by atoms with Gasteiger partial charge in [0, 0.05) is 30.1 Å². The van der Waals surface area contributed by atoms with E-state index in [2.05, 4.69) is 19.2 Å². The minimum Gasteiger partial charge on any atom is -0.491 e. The summed E-state index contributed by atoms with van der Waals surface area (Å²) in [5.41, 5.74) is 7.61. The molecule has 0 heterocycles. The third kappa shape index (κ3) is 5.48. The van der Waals surface area contributed by atoms with Gasteiger partial charge in [-0.1, -0.05) is 13.8 Å². The highest BCUT2D eigenvalue weighted by molar-refractivity contribution is 5.59. The molecule has 1 aromatic rings. The van der Waals surface area contributed by atoms with Crippen LogP contribution in [0.15, 0.2) is 18.2 Å². The predicted octanol–water partition coefficient (Wildman–Crippen LogP) is 3.51. The Morgan fingerprint density at radius 3 is 2.47 bits per heavy atom. The molecule has 1 aromatic carbocycles. The molecule has 3 nitrogen and oxygen atoms in total. The average molecular weight is 236 g/mol. The largest absolute Gasteiger partial charge is 0.491 e. The van der Waals surface area contributed by atoms with Crippen LogP contribution in [0, 0.1) is 5.92 Å². The summed E-state index contributed by atoms with van der Waals surface area (Å²) in [6.45, 7) is 9.41. The summed E-state index contributed by atoms with van der Waals surface area (Å²) in [5, 5.41) is 3.37. The zero-order chi connectivity index (χ0) is 12.8. The number of nitrogens with one attached hydrogen (secondary N) is 1. The van der Waals surface area contributed by atoms with Crippen molar-refractivity contribution >= 4 is 11.4 Å². The minimum absolute atomic E-state index is 0.167. The topological polar surface area (TPSA) is 47.3 Å². The maximum Gasteiger partial charge on any atom is 0.123 e. The van der Waals surface area contributed by atoms with Crippen molar-refractivity contribution in [2.24, 2.45) is 5.92 Å². The highest BCUT2D eigenvalue weighted by Crippen LogP contribution is 2.23. The van der Waals surface area contributed by atoms with Gasteiger partial charge in [-0.25, -0.2) is 0 Å². The van der Waals surface area contributed by atoms with E-state index < -0.39 is 0 Å². The first kappa shape index (κ1) is 13.7. The van der Waals surface area contributed by atoms with Gasteiger partial charge >= 0.3 is 0 Å². The van der Waals surface area contributed by atoms with E-state index in [0.29, 0.717) is 5.92 Å². The molecular formula is C14H24N2O. The van der Waals surface area contributed by atoms with Gasteiger partial charge in [0.15, 0.2) is 0 Å². The highest BCUT2D eigenvalue weighted by atomic mass is 16.5. The lowest BCUT2D eigenvalue weighted by Crippen LogP contribution is -2.08. The lowest BCUT2D eigenvalue weighted by atomic mass is 10.1. The number of nitrogen functional groups attached to an aromatic ring is 1.